The Morgan fingerprint density at radius 1 is 1.32 bits per heavy atom. The number of imidazole rings is 1. The van der Waals surface area contributed by atoms with Crippen molar-refractivity contribution >= 4 is 28.7 Å². The van der Waals surface area contributed by atoms with E-state index in [1.54, 1.807) is 7.05 Å². The monoisotopic (exact) mass is 340 g/mol. The standard InChI is InChI=1S/C17H17FN6O/c1-19-13-8-15(21-10-5-3-2-4-6-10)23-24-14(9-20-16(13)24)17(25)22-12-7-11(12)18/h2-6,8-9,11-12,19H,7H2,1H3,(H,21,23)(H,22,25)/t11-,12+/m0/s1. The molecule has 8 heteroatoms. The Balaban J connectivity index is 1.70. The number of fused-ring (bicyclic) bond motifs is 1. The number of amides is 1. The molecule has 0 saturated heterocycles. The first kappa shape index (κ1) is 15.4. The van der Waals surface area contributed by atoms with Gasteiger partial charge in [0, 0.05) is 25.2 Å². The van der Waals surface area contributed by atoms with E-state index in [0.29, 0.717) is 17.9 Å². The van der Waals surface area contributed by atoms with E-state index in [1.807, 2.05) is 36.4 Å². The summed E-state index contributed by atoms with van der Waals surface area (Å²) in [6, 6.07) is 11.0. The number of nitrogens with zero attached hydrogens (tertiary/aromatic N) is 3. The van der Waals surface area contributed by atoms with Crippen LogP contribution in [0.3, 0.4) is 0 Å². The van der Waals surface area contributed by atoms with Crippen LogP contribution < -0.4 is 16.0 Å². The average Bonchev–Trinajstić information content (AvgIpc) is 3.14. The summed E-state index contributed by atoms with van der Waals surface area (Å²) in [5.74, 6) is 0.175. The Labute approximate surface area is 143 Å². The number of para-hydroxylation sites is 1. The second-order valence-electron chi connectivity index (χ2n) is 5.89. The molecule has 0 radical (unpaired) electrons. The van der Waals surface area contributed by atoms with Crippen molar-refractivity contribution in [2.45, 2.75) is 18.6 Å². The lowest BCUT2D eigenvalue weighted by Gasteiger charge is -2.10. The van der Waals surface area contributed by atoms with Gasteiger partial charge in [-0.3, -0.25) is 4.79 Å². The number of anilines is 3. The molecule has 0 unspecified atom stereocenters. The third-order valence-corrected chi connectivity index (χ3v) is 4.04. The molecule has 25 heavy (non-hydrogen) atoms. The van der Waals surface area contributed by atoms with Gasteiger partial charge in [0.1, 0.15) is 6.17 Å². The predicted molar refractivity (Wildman–Crippen MR) is 93.0 cm³/mol. The third kappa shape index (κ3) is 2.98. The predicted octanol–water partition coefficient (Wildman–Crippen LogP) is 2.35. The van der Waals surface area contributed by atoms with Crippen LogP contribution in [-0.2, 0) is 0 Å². The summed E-state index contributed by atoms with van der Waals surface area (Å²) in [6.07, 6.45) is 0.845. The van der Waals surface area contributed by atoms with Crippen molar-refractivity contribution in [2.75, 3.05) is 17.7 Å². The summed E-state index contributed by atoms with van der Waals surface area (Å²) in [5.41, 5.74) is 2.39. The zero-order valence-electron chi connectivity index (χ0n) is 13.5. The number of nitrogens with one attached hydrogen (secondary N) is 3. The molecule has 0 bridgehead atoms. The minimum absolute atomic E-state index is 0.266. The Bertz CT molecular complexity index is 926. The molecule has 1 aliphatic carbocycles. The Morgan fingerprint density at radius 2 is 2.08 bits per heavy atom. The van der Waals surface area contributed by atoms with Gasteiger partial charge in [-0.05, 0) is 12.1 Å². The molecule has 2 aromatic heterocycles. The third-order valence-electron chi connectivity index (χ3n) is 4.04. The summed E-state index contributed by atoms with van der Waals surface area (Å²) in [5, 5.41) is 13.4. The number of alkyl halides is 1. The molecule has 1 saturated carbocycles. The largest absolute Gasteiger partial charge is 0.385 e. The van der Waals surface area contributed by atoms with Gasteiger partial charge in [-0.25, -0.2) is 13.9 Å². The number of benzene rings is 1. The fourth-order valence-corrected chi connectivity index (χ4v) is 2.59. The van der Waals surface area contributed by atoms with Crippen molar-refractivity contribution in [3.05, 3.63) is 48.3 Å². The number of halogens is 1. The van der Waals surface area contributed by atoms with Gasteiger partial charge >= 0.3 is 0 Å². The van der Waals surface area contributed by atoms with Crippen LogP contribution in [0.2, 0.25) is 0 Å². The lowest BCUT2D eigenvalue weighted by molar-refractivity contribution is 0.0940. The molecule has 128 valence electrons. The van der Waals surface area contributed by atoms with Crippen LogP contribution in [0, 0.1) is 0 Å². The average molecular weight is 340 g/mol. The Kier molecular flexibility index (Phi) is 3.72. The summed E-state index contributed by atoms with van der Waals surface area (Å²) in [7, 11) is 1.77. The van der Waals surface area contributed by atoms with Crippen LogP contribution in [0.25, 0.3) is 5.65 Å². The van der Waals surface area contributed by atoms with Crippen molar-refractivity contribution in [1.29, 1.82) is 0 Å². The first-order valence-electron chi connectivity index (χ1n) is 7.99. The second kappa shape index (κ2) is 6.04. The fraction of sp³-hybridized carbons (Fsp3) is 0.235. The molecule has 7 nitrogen and oxygen atoms in total. The number of rotatable bonds is 5. The van der Waals surface area contributed by atoms with Crippen LogP contribution in [0.4, 0.5) is 21.6 Å². The molecule has 1 fully saturated rings. The topological polar surface area (TPSA) is 83.3 Å². The molecule has 0 aliphatic heterocycles. The first-order chi connectivity index (χ1) is 12.2. The molecule has 3 N–H and O–H groups in total. The maximum absolute atomic E-state index is 13.0. The molecule has 2 heterocycles. The maximum Gasteiger partial charge on any atom is 0.271 e. The summed E-state index contributed by atoms with van der Waals surface area (Å²) >= 11 is 0. The van der Waals surface area contributed by atoms with Crippen molar-refractivity contribution in [3.63, 3.8) is 0 Å². The van der Waals surface area contributed by atoms with E-state index in [9.17, 15) is 9.18 Å². The van der Waals surface area contributed by atoms with E-state index in [-0.39, 0.29) is 11.6 Å². The molecule has 4 rings (SSSR count). The van der Waals surface area contributed by atoms with Crippen molar-refractivity contribution in [3.8, 4) is 0 Å². The van der Waals surface area contributed by atoms with Gasteiger partial charge in [-0.1, -0.05) is 18.2 Å². The van der Waals surface area contributed by atoms with Crippen molar-refractivity contribution in [1.82, 2.24) is 19.9 Å². The fourth-order valence-electron chi connectivity index (χ4n) is 2.59. The molecule has 2 atom stereocenters. The van der Waals surface area contributed by atoms with E-state index < -0.39 is 12.2 Å². The van der Waals surface area contributed by atoms with Gasteiger partial charge in [0.25, 0.3) is 5.91 Å². The lowest BCUT2D eigenvalue weighted by Crippen LogP contribution is -2.28. The van der Waals surface area contributed by atoms with Crippen LogP contribution in [0.15, 0.2) is 42.6 Å². The highest BCUT2D eigenvalue weighted by molar-refractivity contribution is 5.94. The van der Waals surface area contributed by atoms with Gasteiger partial charge in [0.05, 0.1) is 17.9 Å². The highest BCUT2D eigenvalue weighted by Crippen LogP contribution is 2.26. The second-order valence-corrected chi connectivity index (χ2v) is 5.89. The summed E-state index contributed by atoms with van der Waals surface area (Å²) < 4.78 is 14.5. The van der Waals surface area contributed by atoms with Crippen LogP contribution in [0.1, 0.15) is 16.9 Å². The highest BCUT2D eigenvalue weighted by Gasteiger charge is 2.39. The molecule has 0 spiro atoms. The number of hydrogen-bond acceptors (Lipinski definition) is 5. The van der Waals surface area contributed by atoms with Gasteiger partial charge in [-0.2, -0.15) is 0 Å². The molecular weight excluding hydrogens is 323 g/mol. The number of carbonyl (C=O) groups excluding carboxylic acids is 1. The lowest BCUT2D eigenvalue weighted by atomic mass is 10.3. The van der Waals surface area contributed by atoms with Crippen LogP contribution >= 0.6 is 0 Å². The van der Waals surface area contributed by atoms with Crippen molar-refractivity contribution in [2.24, 2.45) is 0 Å². The molecule has 1 aromatic carbocycles. The molecule has 1 aliphatic rings. The Hall–Kier alpha value is -3.16. The van der Waals surface area contributed by atoms with Crippen LogP contribution in [0.5, 0.6) is 0 Å². The smallest absolute Gasteiger partial charge is 0.271 e. The van der Waals surface area contributed by atoms with E-state index in [4.69, 9.17) is 0 Å². The maximum atomic E-state index is 13.0. The first-order valence-corrected chi connectivity index (χ1v) is 7.99. The molecular formula is C17H17FN6O. The summed E-state index contributed by atoms with van der Waals surface area (Å²) in [6.45, 7) is 0. The summed E-state index contributed by atoms with van der Waals surface area (Å²) in [4.78, 5) is 16.6. The zero-order valence-corrected chi connectivity index (χ0v) is 13.5. The minimum atomic E-state index is -0.959. The van der Waals surface area contributed by atoms with Gasteiger partial charge < -0.3 is 16.0 Å². The van der Waals surface area contributed by atoms with Crippen molar-refractivity contribution < 1.29 is 9.18 Å². The van der Waals surface area contributed by atoms with E-state index >= 15 is 0 Å². The van der Waals surface area contributed by atoms with E-state index in [0.717, 1.165) is 11.4 Å². The normalized spacial score (nSPS) is 18.8. The number of carbonyl (C=O) groups is 1. The zero-order chi connectivity index (χ0) is 17.4. The quantitative estimate of drug-likeness (QED) is 0.664. The van der Waals surface area contributed by atoms with E-state index in [2.05, 4.69) is 26.0 Å². The highest BCUT2D eigenvalue weighted by atomic mass is 19.1. The molecule has 3 aromatic rings. The number of aromatic nitrogens is 3. The van der Waals surface area contributed by atoms with Gasteiger partial charge in [0.15, 0.2) is 17.2 Å². The van der Waals surface area contributed by atoms with Gasteiger partial charge in [-0.15, -0.1) is 5.10 Å². The SMILES string of the molecule is CNc1cc(Nc2ccccc2)nn2c(C(=O)N[C@@H]3C[C@@H]3F)cnc12. The minimum Gasteiger partial charge on any atom is -0.385 e. The number of hydrogen-bond donors (Lipinski definition) is 3. The van der Waals surface area contributed by atoms with Crippen LogP contribution in [-0.4, -0.2) is 39.8 Å². The molecule has 1 amide bonds. The van der Waals surface area contributed by atoms with Gasteiger partial charge in [0.2, 0.25) is 0 Å². The van der Waals surface area contributed by atoms with E-state index in [1.165, 1.54) is 10.7 Å². The Morgan fingerprint density at radius 3 is 2.76 bits per heavy atom.